The first-order valence-corrected chi connectivity index (χ1v) is 16.5. The Balaban J connectivity index is 1.21. The molecule has 1 fully saturated rings. The van der Waals surface area contributed by atoms with Crippen LogP contribution in [0.15, 0.2) is 84.7 Å². The van der Waals surface area contributed by atoms with Gasteiger partial charge in [-0.2, -0.15) is 3.79 Å². The molecule has 0 atom stereocenters. The summed E-state index contributed by atoms with van der Waals surface area (Å²) < 4.78 is 4.72. The van der Waals surface area contributed by atoms with E-state index < -0.39 is 0 Å². The second-order valence-electron chi connectivity index (χ2n) is 12.4. The van der Waals surface area contributed by atoms with Gasteiger partial charge in [0, 0.05) is 43.1 Å². The number of hydrogen-bond donors (Lipinski definition) is 3. The van der Waals surface area contributed by atoms with Crippen LogP contribution in [0.2, 0.25) is 0 Å². The fraction of sp³-hybridized carbons (Fsp3) is 0.314. The number of anilines is 3. The SMILES string of the molecule is CC(=O)Nc1ccc(-c2c3ccc(N4CCc5ccccc5C4)[n+]-3sn3c(N4C=C(CC5CCCCC5)NN4)ccc23)cc1. The van der Waals surface area contributed by atoms with Crippen molar-refractivity contribution in [2.45, 2.75) is 58.4 Å². The van der Waals surface area contributed by atoms with Gasteiger partial charge in [0.15, 0.2) is 11.7 Å². The van der Waals surface area contributed by atoms with E-state index in [2.05, 4.69) is 101 Å². The minimum absolute atomic E-state index is 0.0674. The Labute approximate surface area is 262 Å². The molecule has 5 aliphatic rings. The summed E-state index contributed by atoms with van der Waals surface area (Å²) in [5, 5.41) is 5.03. The van der Waals surface area contributed by atoms with Crippen LogP contribution in [-0.2, 0) is 17.8 Å². The van der Waals surface area contributed by atoms with E-state index in [4.69, 9.17) is 0 Å². The van der Waals surface area contributed by atoms with Crippen molar-refractivity contribution >= 4 is 40.5 Å². The Hall–Kier alpha value is -4.34. The highest BCUT2D eigenvalue weighted by Gasteiger charge is 2.32. The van der Waals surface area contributed by atoms with Crippen molar-refractivity contribution < 1.29 is 8.75 Å². The first kappa shape index (κ1) is 27.2. The minimum atomic E-state index is -0.0674. The number of fused-ring (bicyclic) bond motifs is 3. The van der Waals surface area contributed by atoms with Gasteiger partial charge in [0.05, 0.1) is 18.7 Å². The van der Waals surface area contributed by atoms with Crippen molar-refractivity contribution in [1.29, 1.82) is 0 Å². The van der Waals surface area contributed by atoms with Crippen LogP contribution in [0.3, 0.4) is 0 Å². The first-order chi connectivity index (χ1) is 21.6. The largest absolute Gasteiger partial charge is 0.326 e. The van der Waals surface area contributed by atoms with E-state index in [-0.39, 0.29) is 5.91 Å². The fourth-order valence-electron chi connectivity index (χ4n) is 7.18. The molecule has 44 heavy (non-hydrogen) atoms. The predicted octanol–water partition coefficient (Wildman–Crippen LogP) is 6.54. The summed E-state index contributed by atoms with van der Waals surface area (Å²) in [7, 11) is 0. The number of allylic oxidation sites excluding steroid dienone is 1. The molecule has 224 valence electrons. The van der Waals surface area contributed by atoms with E-state index in [0.29, 0.717) is 0 Å². The zero-order valence-electron chi connectivity index (χ0n) is 25.1. The van der Waals surface area contributed by atoms with Crippen molar-refractivity contribution in [3.63, 3.8) is 0 Å². The Morgan fingerprint density at radius 3 is 2.61 bits per heavy atom. The molecule has 1 aromatic heterocycles. The molecule has 9 heteroatoms. The second kappa shape index (κ2) is 11.3. The maximum absolute atomic E-state index is 11.7. The van der Waals surface area contributed by atoms with Gasteiger partial charge in [-0.15, -0.1) is 9.49 Å². The van der Waals surface area contributed by atoms with E-state index in [9.17, 15) is 4.79 Å². The maximum Gasteiger partial charge on any atom is 0.239 e. The molecule has 1 amide bonds. The molecule has 0 saturated heterocycles. The van der Waals surface area contributed by atoms with E-state index in [1.165, 1.54) is 66.0 Å². The molecular weight excluding hydrogens is 567 g/mol. The highest BCUT2D eigenvalue weighted by molar-refractivity contribution is 6.96. The Morgan fingerprint density at radius 1 is 0.977 bits per heavy atom. The molecule has 1 aliphatic carbocycles. The summed E-state index contributed by atoms with van der Waals surface area (Å²) in [6.45, 7) is 3.42. The lowest BCUT2D eigenvalue weighted by atomic mass is 9.86. The van der Waals surface area contributed by atoms with Gasteiger partial charge in [0.1, 0.15) is 11.2 Å². The number of carbonyl (C=O) groups is 1. The number of nitrogens with one attached hydrogen (secondary N) is 3. The first-order valence-electron chi connectivity index (χ1n) is 15.8. The number of benzene rings is 2. The Kier molecular flexibility index (Phi) is 6.99. The Morgan fingerprint density at radius 2 is 1.80 bits per heavy atom. The summed E-state index contributed by atoms with van der Waals surface area (Å²) in [4.78, 5) is 14.2. The van der Waals surface area contributed by atoms with E-state index in [1.807, 2.05) is 12.1 Å². The normalized spacial score (nSPS) is 17.2. The van der Waals surface area contributed by atoms with Gasteiger partial charge >= 0.3 is 0 Å². The topological polar surface area (TPSA) is 67.9 Å². The molecule has 8 rings (SSSR count). The van der Waals surface area contributed by atoms with Gasteiger partial charge in [0.2, 0.25) is 17.5 Å². The average Bonchev–Trinajstić information content (AvgIpc) is 3.79. The number of nitrogens with zero attached hydrogens (tertiary/aromatic N) is 4. The van der Waals surface area contributed by atoms with Crippen molar-refractivity contribution in [1.82, 2.24) is 14.8 Å². The second-order valence-corrected chi connectivity index (χ2v) is 13.3. The smallest absolute Gasteiger partial charge is 0.239 e. The highest BCUT2D eigenvalue weighted by atomic mass is 32.1. The number of amides is 1. The molecule has 8 nitrogen and oxygen atoms in total. The van der Waals surface area contributed by atoms with Crippen molar-refractivity contribution in [3.05, 3.63) is 95.8 Å². The number of carbonyl (C=O) groups excluding carboxylic acids is 1. The van der Waals surface area contributed by atoms with Crippen molar-refractivity contribution in [3.8, 4) is 16.8 Å². The van der Waals surface area contributed by atoms with Crippen LogP contribution in [0.4, 0.5) is 17.3 Å². The zero-order valence-corrected chi connectivity index (χ0v) is 25.9. The number of hydrazine groups is 2. The molecule has 0 spiro atoms. The van der Waals surface area contributed by atoms with E-state index >= 15 is 0 Å². The van der Waals surface area contributed by atoms with Gasteiger partial charge in [-0.05, 0) is 53.3 Å². The van der Waals surface area contributed by atoms with Crippen LogP contribution in [0.25, 0.3) is 22.3 Å². The molecule has 5 heterocycles. The van der Waals surface area contributed by atoms with Gasteiger partial charge in [-0.25, -0.2) is 5.01 Å². The molecule has 3 N–H and O–H groups in total. The zero-order chi connectivity index (χ0) is 29.6. The van der Waals surface area contributed by atoms with Crippen LogP contribution >= 0.6 is 11.7 Å². The molecule has 0 bridgehead atoms. The van der Waals surface area contributed by atoms with Crippen LogP contribution in [0.5, 0.6) is 0 Å². The lowest BCUT2D eigenvalue weighted by Gasteiger charge is -2.26. The maximum atomic E-state index is 11.7. The summed E-state index contributed by atoms with van der Waals surface area (Å²) in [5.41, 5.74) is 16.4. The third-order valence-electron chi connectivity index (χ3n) is 9.36. The quantitative estimate of drug-likeness (QED) is 0.192. The summed E-state index contributed by atoms with van der Waals surface area (Å²) >= 11 is 1.73. The van der Waals surface area contributed by atoms with Crippen molar-refractivity contribution in [2.75, 3.05) is 21.8 Å². The Bertz CT molecular complexity index is 1830. The number of aromatic nitrogens is 2. The summed E-state index contributed by atoms with van der Waals surface area (Å²) in [6.07, 6.45) is 11.1. The third kappa shape index (κ3) is 5.00. The number of hydrogen-bond acceptors (Lipinski definition) is 6. The molecule has 0 unspecified atom stereocenters. The average molecular weight is 605 g/mol. The predicted molar refractivity (Wildman–Crippen MR) is 177 cm³/mol. The molecule has 1 saturated carbocycles. The lowest BCUT2D eigenvalue weighted by molar-refractivity contribution is -0.505. The third-order valence-corrected chi connectivity index (χ3v) is 10.5. The molecule has 4 aliphatic heterocycles. The monoisotopic (exact) mass is 604 g/mol. The number of rotatable bonds is 6. The molecule has 3 aromatic rings. The molecular formula is C35H38N7OS+. The molecule has 2 aromatic carbocycles. The van der Waals surface area contributed by atoms with E-state index in [1.54, 1.807) is 18.7 Å². The van der Waals surface area contributed by atoms with Crippen LogP contribution < -0.4 is 30.1 Å². The van der Waals surface area contributed by atoms with Crippen molar-refractivity contribution in [2.24, 2.45) is 5.92 Å². The van der Waals surface area contributed by atoms with Gasteiger partial charge in [-0.3, -0.25) is 9.69 Å². The van der Waals surface area contributed by atoms with Gasteiger partial charge < -0.3 is 10.7 Å². The lowest BCUT2D eigenvalue weighted by Crippen LogP contribution is -2.40. The summed E-state index contributed by atoms with van der Waals surface area (Å²) in [6, 6.07) is 26.0. The van der Waals surface area contributed by atoms with Crippen LogP contribution in [-0.4, -0.2) is 16.2 Å². The highest BCUT2D eigenvalue weighted by Crippen LogP contribution is 2.38. The van der Waals surface area contributed by atoms with E-state index in [0.717, 1.165) is 54.4 Å². The fourth-order valence-corrected chi connectivity index (χ4v) is 8.32. The summed E-state index contributed by atoms with van der Waals surface area (Å²) in [5.74, 6) is 2.97. The van der Waals surface area contributed by atoms with Gasteiger partial charge in [-0.1, -0.05) is 68.5 Å². The van der Waals surface area contributed by atoms with Crippen LogP contribution in [0.1, 0.15) is 56.6 Å². The molecule has 0 radical (unpaired) electrons. The minimum Gasteiger partial charge on any atom is -0.326 e. The van der Waals surface area contributed by atoms with Crippen LogP contribution in [0, 0.1) is 5.92 Å². The van der Waals surface area contributed by atoms with Gasteiger partial charge in [0.25, 0.3) is 0 Å². The standard InChI is InChI=1S/C35H37N7OS/c1-24(43)36-29-13-11-27(12-14-29)35-31-15-17-33(39-20-19-26-9-5-6-10-28(26)22-39)41(31)44-42-32(35)16-18-34(42)40-23-30(37-38-40)21-25-7-3-2-4-8-25/h5-6,9-18,23,25,37-38H,2-4,7-8,19-22H2,1H3/p+1.